The Bertz CT molecular complexity index is 688. The Labute approximate surface area is 177 Å². The molecule has 2 N–H and O–H groups in total. The van der Waals surface area contributed by atoms with E-state index in [-0.39, 0.29) is 24.0 Å². The van der Waals surface area contributed by atoms with Crippen LogP contribution in [0.1, 0.15) is 49.9 Å². The Balaban J connectivity index is 0.00000338. The molecule has 0 fully saturated rings. The van der Waals surface area contributed by atoms with E-state index in [4.69, 9.17) is 4.74 Å². The Kier molecular flexibility index (Phi) is 10.6. The number of benzene rings is 1. The summed E-state index contributed by atoms with van der Waals surface area (Å²) in [5, 5.41) is 9.84. The summed E-state index contributed by atoms with van der Waals surface area (Å²) < 4.78 is 5.67. The summed E-state index contributed by atoms with van der Waals surface area (Å²) in [7, 11) is 0. The third-order valence-corrected chi connectivity index (χ3v) is 4.46. The second kappa shape index (κ2) is 12.1. The molecule has 0 amide bonds. The van der Waals surface area contributed by atoms with Crippen molar-refractivity contribution in [3.63, 3.8) is 0 Å². The van der Waals surface area contributed by atoms with Gasteiger partial charge < -0.3 is 15.4 Å². The molecule has 1 heterocycles. The van der Waals surface area contributed by atoms with Crippen molar-refractivity contribution < 1.29 is 4.74 Å². The van der Waals surface area contributed by atoms with Crippen molar-refractivity contribution in [1.29, 1.82) is 0 Å². The fourth-order valence-electron chi connectivity index (χ4n) is 2.27. The summed E-state index contributed by atoms with van der Waals surface area (Å²) in [6, 6.07) is 8.03. The molecule has 0 unspecified atom stereocenters. The van der Waals surface area contributed by atoms with Crippen molar-refractivity contribution in [3.05, 3.63) is 45.9 Å². The fourth-order valence-corrected chi connectivity index (χ4v) is 3.16. The number of nitrogens with one attached hydrogen (secondary N) is 2. The van der Waals surface area contributed by atoms with Crippen molar-refractivity contribution in [2.75, 3.05) is 13.2 Å². The van der Waals surface area contributed by atoms with Crippen LogP contribution in [0.25, 0.3) is 0 Å². The molecular formula is C19H29IN4OS. The van der Waals surface area contributed by atoms with E-state index in [9.17, 15) is 0 Å². The maximum absolute atomic E-state index is 5.67. The van der Waals surface area contributed by atoms with Gasteiger partial charge in [-0.3, -0.25) is 0 Å². The molecule has 0 radical (unpaired) electrons. The molecule has 7 heteroatoms. The Morgan fingerprint density at radius 3 is 2.65 bits per heavy atom. The number of ether oxygens (including phenoxy) is 1. The van der Waals surface area contributed by atoms with E-state index >= 15 is 0 Å². The summed E-state index contributed by atoms with van der Waals surface area (Å²) in [5.41, 5.74) is 2.23. The zero-order chi connectivity index (χ0) is 18.1. The Morgan fingerprint density at radius 2 is 2.00 bits per heavy atom. The summed E-state index contributed by atoms with van der Waals surface area (Å²) in [6.45, 7) is 11.1. The SMILES string of the molecule is CCNC(=NCc1ccccc1OCC)NCc1nc(C(C)C)cs1.I. The second-order valence-electron chi connectivity index (χ2n) is 5.91. The molecule has 5 nitrogen and oxygen atoms in total. The maximum Gasteiger partial charge on any atom is 0.191 e. The first-order valence-corrected chi connectivity index (χ1v) is 9.69. The Morgan fingerprint density at radius 1 is 1.23 bits per heavy atom. The molecule has 0 saturated heterocycles. The van der Waals surface area contributed by atoms with Gasteiger partial charge in [0.05, 0.1) is 25.4 Å². The predicted molar refractivity (Wildman–Crippen MR) is 121 cm³/mol. The number of para-hydroxylation sites is 1. The first kappa shape index (κ1) is 22.7. The lowest BCUT2D eigenvalue weighted by Gasteiger charge is -2.12. The van der Waals surface area contributed by atoms with Crippen molar-refractivity contribution in [3.8, 4) is 5.75 Å². The minimum Gasteiger partial charge on any atom is -0.494 e. The normalized spacial score (nSPS) is 11.2. The van der Waals surface area contributed by atoms with E-state index in [1.165, 1.54) is 0 Å². The lowest BCUT2D eigenvalue weighted by atomic mass is 10.2. The van der Waals surface area contributed by atoms with Crippen LogP contribution in [-0.2, 0) is 13.1 Å². The molecule has 0 spiro atoms. The van der Waals surface area contributed by atoms with Gasteiger partial charge in [0.15, 0.2) is 5.96 Å². The number of aromatic nitrogens is 1. The fraction of sp³-hybridized carbons (Fsp3) is 0.474. The smallest absolute Gasteiger partial charge is 0.191 e. The van der Waals surface area contributed by atoms with Crippen molar-refractivity contribution in [2.45, 2.75) is 46.7 Å². The highest BCUT2D eigenvalue weighted by Gasteiger charge is 2.07. The number of aliphatic imine (C=N–C) groups is 1. The minimum atomic E-state index is 0. The quantitative estimate of drug-likeness (QED) is 0.326. The van der Waals surface area contributed by atoms with Gasteiger partial charge in [-0.2, -0.15) is 0 Å². The molecule has 1 aromatic heterocycles. The molecule has 2 rings (SSSR count). The predicted octanol–water partition coefficient (Wildman–Crippen LogP) is 4.54. The highest BCUT2D eigenvalue weighted by Crippen LogP contribution is 2.19. The molecule has 2 aromatic rings. The van der Waals surface area contributed by atoms with E-state index < -0.39 is 0 Å². The van der Waals surface area contributed by atoms with Crippen LogP contribution in [0.4, 0.5) is 0 Å². The summed E-state index contributed by atoms with van der Waals surface area (Å²) in [5.74, 6) is 2.14. The van der Waals surface area contributed by atoms with Crippen LogP contribution >= 0.6 is 35.3 Å². The largest absolute Gasteiger partial charge is 0.494 e. The average molecular weight is 488 g/mol. The third-order valence-electron chi connectivity index (χ3n) is 3.59. The monoisotopic (exact) mass is 488 g/mol. The Hall–Kier alpha value is -1.35. The van der Waals surface area contributed by atoms with E-state index in [1.54, 1.807) is 11.3 Å². The standard InChI is InChI=1S/C19H28N4OS.HI/c1-5-20-19(22-12-18-23-16(13-25-18)14(3)4)21-11-15-9-7-8-10-17(15)24-6-2;/h7-10,13-14H,5-6,11-12H2,1-4H3,(H2,20,21,22);1H. The topological polar surface area (TPSA) is 58.5 Å². The van der Waals surface area contributed by atoms with Gasteiger partial charge in [-0.1, -0.05) is 32.0 Å². The van der Waals surface area contributed by atoms with E-state index in [0.29, 0.717) is 25.6 Å². The number of halogens is 1. The highest BCUT2D eigenvalue weighted by atomic mass is 127. The third kappa shape index (κ3) is 7.11. The van der Waals surface area contributed by atoms with Crippen molar-refractivity contribution in [1.82, 2.24) is 15.6 Å². The average Bonchev–Trinajstić information content (AvgIpc) is 3.08. The molecule has 0 atom stereocenters. The van der Waals surface area contributed by atoms with Crippen LogP contribution in [-0.4, -0.2) is 24.1 Å². The zero-order valence-corrected chi connectivity index (χ0v) is 19.1. The molecule has 0 aliphatic rings. The van der Waals surface area contributed by atoms with Crippen LogP contribution in [0.5, 0.6) is 5.75 Å². The molecular weight excluding hydrogens is 459 g/mol. The number of hydrogen-bond acceptors (Lipinski definition) is 4. The zero-order valence-electron chi connectivity index (χ0n) is 15.9. The number of hydrogen-bond donors (Lipinski definition) is 2. The second-order valence-corrected chi connectivity index (χ2v) is 6.85. The lowest BCUT2D eigenvalue weighted by Crippen LogP contribution is -2.36. The summed E-state index contributed by atoms with van der Waals surface area (Å²) in [4.78, 5) is 9.33. The van der Waals surface area contributed by atoms with E-state index in [1.807, 2.05) is 31.2 Å². The first-order chi connectivity index (χ1) is 12.1. The molecule has 0 saturated carbocycles. The number of rotatable bonds is 8. The van der Waals surface area contributed by atoms with Crippen molar-refractivity contribution >= 4 is 41.3 Å². The summed E-state index contributed by atoms with van der Waals surface area (Å²) in [6.07, 6.45) is 0. The van der Waals surface area contributed by atoms with Gasteiger partial charge in [-0.05, 0) is 25.8 Å². The number of nitrogens with zero attached hydrogens (tertiary/aromatic N) is 2. The molecule has 26 heavy (non-hydrogen) atoms. The lowest BCUT2D eigenvalue weighted by molar-refractivity contribution is 0.336. The molecule has 0 aliphatic carbocycles. The van der Waals surface area contributed by atoms with Gasteiger partial charge in [-0.15, -0.1) is 35.3 Å². The number of guanidine groups is 1. The van der Waals surface area contributed by atoms with Crippen LogP contribution in [0, 0.1) is 0 Å². The van der Waals surface area contributed by atoms with Crippen molar-refractivity contribution in [2.24, 2.45) is 4.99 Å². The van der Waals surface area contributed by atoms with Gasteiger partial charge in [0.25, 0.3) is 0 Å². The summed E-state index contributed by atoms with van der Waals surface area (Å²) >= 11 is 1.69. The number of thiazole rings is 1. The van der Waals surface area contributed by atoms with Crippen LogP contribution < -0.4 is 15.4 Å². The minimum absolute atomic E-state index is 0. The highest BCUT2D eigenvalue weighted by molar-refractivity contribution is 14.0. The van der Waals surface area contributed by atoms with Gasteiger partial charge in [0.1, 0.15) is 10.8 Å². The molecule has 0 aliphatic heterocycles. The molecule has 1 aromatic carbocycles. The molecule has 0 bridgehead atoms. The van der Waals surface area contributed by atoms with Gasteiger partial charge in [0.2, 0.25) is 0 Å². The van der Waals surface area contributed by atoms with Gasteiger partial charge >= 0.3 is 0 Å². The molecule has 144 valence electrons. The van der Waals surface area contributed by atoms with Crippen LogP contribution in [0.3, 0.4) is 0 Å². The van der Waals surface area contributed by atoms with E-state index in [2.05, 4.69) is 46.8 Å². The van der Waals surface area contributed by atoms with Crippen LogP contribution in [0.15, 0.2) is 34.6 Å². The van der Waals surface area contributed by atoms with Gasteiger partial charge in [0, 0.05) is 17.5 Å². The van der Waals surface area contributed by atoms with Crippen LogP contribution in [0.2, 0.25) is 0 Å². The van der Waals surface area contributed by atoms with E-state index in [0.717, 1.165) is 34.5 Å². The van der Waals surface area contributed by atoms with Gasteiger partial charge in [-0.25, -0.2) is 9.98 Å². The maximum atomic E-state index is 5.67. The first-order valence-electron chi connectivity index (χ1n) is 8.81.